The molecule has 0 aromatic carbocycles. The average molecular weight is 408 g/mol. The highest BCUT2D eigenvalue weighted by Gasteiger charge is 2.30. The van der Waals surface area contributed by atoms with E-state index in [0.717, 1.165) is 12.8 Å². The van der Waals surface area contributed by atoms with E-state index in [0.29, 0.717) is 11.8 Å². The van der Waals surface area contributed by atoms with E-state index < -0.39 is 12.1 Å². The third-order valence-electron chi connectivity index (χ3n) is 4.80. The first kappa shape index (κ1) is 20.3. The van der Waals surface area contributed by atoms with Gasteiger partial charge in [0.1, 0.15) is 0 Å². The first-order valence-corrected chi connectivity index (χ1v) is 9.36. The molecule has 1 aromatic heterocycles. The standard InChI is InChI=1S/C17H21Cl3N2O3/c1-8-5-4-6-12(9(8)2)22-16(23)10(3)25-17(24)15-14(20)13(19)11(18)7-21-15/h7-10,12H,4-6H2,1-3H3,(H,22,23)/t8-,9-,10-,12+/m1/s1. The number of pyridine rings is 1. The molecule has 5 nitrogen and oxygen atoms in total. The lowest BCUT2D eigenvalue weighted by Crippen LogP contribution is -2.47. The van der Waals surface area contributed by atoms with Crippen LogP contribution in [0.4, 0.5) is 0 Å². The third kappa shape index (κ3) is 4.78. The molecule has 1 aliphatic rings. The highest BCUT2D eigenvalue weighted by atomic mass is 35.5. The van der Waals surface area contributed by atoms with Crippen molar-refractivity contribution in [3.05, 3.63) is 27.0 Å². The largest absolute Gasteiger partial charge is 0.448 e. The summed E-state index contributed by atoms with van der Waals surface area (Å²) in [6.45, 7) is 5.82. The Morgan fingerprint density at radius 1 is 1.24 bits per heavy atom. The Morgan fingerprint density at radius 2 is 1.92 bits per heavy atom. The molecule has 8 heteroatoms. The maximum absolute atomic E-state index is 12.3. The lowest BCUT2D eigenvalue weighted by atomic mass is 9.78. The Kier molecular flexibility index (Phi) is 6.94. The van der Waals surface area contributed by atoms with Crippen LogP contribution in [0.25, 0.3) is 0 Å². The summed E-state index contributed by atoms with van der Waals surface area (Å²) >= 11 is 17.6. The van der Waals surface area contributed by atoms with E-state index in [4.69, 9.17) is 39.5 Å². The van der Waals surface area contributed by atoms with Gasteiger partial charge in [0.15, 0.2) is 11.8 Å². The Labute approximate surface area is 162 Å². The molecule has 0 aliphatic heterocycles. The van der Waals surface area contributed by atoms with Crippen LogP contribution >= 0.6 is 34.8 Å². The van der Waals surface area contributed by atoms with Crippen molar-refractivity contribution in [3.8, 4) is 0 Å². The predicted molar refractivity (Wildman–Crippen MR) is 98.3 cm³/mol. The Hall–Kier alpha value is -1.04. The maximum atomic E-state index is 12.3. The van der Waals surface area contributed by atoms with Gasteiger partial charge < -0.3 is 10.1 Å². The Balaban J connectivity index is 1.99. The van der Waals surface area contributed by atoms with Crippen LogP contribution in [0.15, 0.2) is 6.20 Å². The molecule has 0 saturated heterocycles. The van der Waals surface area contributed by atoms with Crippen LogP contribution in [0.2, 0.25) is 15.1 Å². The molecule has 4 atom stereocenters. The number of ether oxygens (including phenoxy) is 1. The molecule has 1 heterocycles. The van der Waals surface area contributed by atoms with Crippen LogP contribution in [0.1, 0.15) is 50.5 Å². The number of hydrogen-bond acceptors (Lipinski definition) is 4. The Morgan fingerprint density at radius 3 is 2.60 bits per heavy atom. The molecule has 1 N–H and O–H groups in total. The van der Waals surface area contributed by atoms with Gasteiger partial charge in [-0.2, -0.15) is 0 Å². The zero-order valence-electron chi connectivity index (χ0n) is 14.3. The minimum atomic E-state index is -0.968. The minimum Gasteiger partial charge on any atom is -0.448 e. The van der Waals surface area contributed by atoms with Crippen molar-refractivity contribution < 1.29 is 14.3 Å². The monoisotopic (exact) mass is 406 g/mol. The van der Waals surface area contributed by atoms with Crippen molar-refractivity contribution in [3.63, 3.8) is 0 Å². The first-order valence-electron chi connectivity index (χ1n) is 8.23. The van der Waals surface area contributed by atoms with Gasteiger partial charge in [-0.1, -0.05) is 61.5 Å². The molecule has 1 aromatic rings. The summed E-state index contributed by atoms with van der Waals surface area (Å²) in [6.07, 6.45) is 3.41. The molecule has 1 fully saturated rings. The normalized spacial score (nSPS) is 24.5. The minimum absolute atomic E-state index is 0.0207. The molecule has 1 amide bonds. The summed E-state index contributed by atoms with van der Waals surface area (Å²) in [5, 5.41) is 3.03. The van der Waals surface area contributed by atoms with E-state index in [9.17, 15) is 9.59 Å². The molecular formula is C17H21Cl3N2O3. The highest BCUT2D eigenvalue weighted by Crippen LogP contribution is 2.32. The zero-order valence-corrected chi connectivity index (χ0v) is 16.6. The van der Waals surface area contributed by atoms with Gasteiger partial charge in [0, 0.05) is 12.2 Å². The van der Waals surface area contributed by atoms with Gasteiger partial charge in [-0.25, -0.2) is 9.78 Å². The van der Waals surface area contributed by atoms with Gasteiger partial charge in [0.2, 0.25) is 0 Å². The Bertz CT molecular complexity index is 669. The molecule has 0 unspecified atom stereocenters. The van der Waals surface area contributed by atoms with Crippen LogP contribution < -0.4 is 5.32 Å². The number of esters is 1. The molecule has 0 spiro atoms. The number of rotatable bonds is 4. The van der Waals surface area contributed by atoms with Crippen molar-refractivity contribution in [2.45, 2.75) is 52.2 Å². The van der Waals surface area contributed by atoms with Crippen LogP contribution in [0, 0.1) is 11.8 Å². The fourth-order valence-electron chi connectivity index (χ4n) is 2.94. The summed E-state index contributed by atoms with van der Waals surface area (Å²) in [4.78, 5) is 28.4. The summed E-state index contributed by atoms with van der Waals surface area (Å²) in [5.74, 6) is -0.227. The van der Waals surface area contributed by atoms with E-state index in [-0.39, 0.29) is 32.7 Å². The second-order valence-electron chi connectivity index (χ2n) is 6.51. The number of carbonyl (C=O) groups excluding carboxylic acids is 2. The summed E-state index contributed by atoms with van der Waals surface area (Å²) < 4.78 is 5.18. The fourth-order valence-corrected chi connectivity index (χ4v) is 3.50. The first-order chi connectivity index (χ1) is 11.7. The van der Waals surface area contributed by atoms with Crippen LogP contribution in [0.3, 0.4) is 0 Å². The number of hydrogen-bond donors (Lipinski definition) is 1. The van der Waals surface area contributed by atoms with Gasteiger partial charge in [-0.15, -0.1) is 0 Å². The SMILES string of the molecule is C[C@@H]1[C@H](C)CCC[C@@H]1NC(=O)[C@@H](C)OC(=O)c1ncc(Cl)c(Cl)c1Cl. The van der Waals surface area contributed by atoms with Crippen molar-refractivity contribution in [2.75, 3.05) is 0 Å². The lowest BCUT2D eigenvalue weighted by Gasteiger charge is -2.35. The summed E-state index contributed by atoms with van der Waals surface area (Å²) in [7, 11) is 0. The predicted octanol–water partition coefficient (Wildman–Crippen LogP) is 4.53. The van der Waals surface area contributed by atoms with E-state index in [1.54, 1.807) is 0 Å². The van der Waals surface area contributed by atoms with Crippen LogP contribution in [-0.4, -0.2) is 29.0 Å². The number of halogens is 3. The zero-order chi connectivity index (χ0) is 18.7. The van der Waals surface area contributed by atoms with Crippen molar-refractivity contribution in [1.29, 1.82) is 0 Å². The third-order valence-corrected chi connectivity index (χ3v) is 6.04. The molecular weight excluding hydrogens is 387 g/mol. The van der Waals surface area contributed by atoms with Gasteiger partial charge in [0.25, 0.3) is 5.91 Å². The summed E-state index contributed by atoms with van der Waals surface area (Å²) in [6, 6.07) is 0.0871. The second kappa shape index (κ2) is 8.56. The van der Waals surface area contributed by atoms with Crippen molar-refractivity contribution in [2.24, 2.45) is 11.8 Å². The number of nitrogens with zero attached hydrogens (tertiary/aromatic N) is 1. The number of nitrogens with one attached hydrogen (secondary N) is 1. The molecule has 0 bridgehead atoms. The number of aromatic nitrogens is 1. The van der Waals surface area contributed by atoms with Gasteiger partial charge >= 0.3 is 5.97 Å². The summed E-state index contributed by atoms with van der Waals surface area (Å²) in [5.41, 5.74) is -0.171. The number of carbonyl (C=O) groups is 2. The smallest absolute Gasteiger partial charge is 0.359 e. The van der Waals surface area contributed by atoms with Gasteiger partial charge in [-0.3, -0.25) is 4.79 Å². The molecule has 1 aliphatic carbocycles. The van der Waals surface area contributed by atoms with Crippen molar-refractivity contribution >= 4 is 46.7 Å². The quantitative estimate of drug-likeness (QED) is 0.745. The lowest BCUT2D eigenvalue weighted by molar-refractivity contribution is -0.130. The van der Waals surface area contributed by atoms with E-state index in [1.807, 2.05) is 0 Å². The van der Waals surface area contributed by atoms with Gasteiger partial charge in [0.05, 0.1) is 15.1 Å². The molecule has 0 radical (unpaired) electrons. The van der Waals surface area contributed by atoms with Gasteiger partial charge in [-0.05, 0) is 25.2 Å². The van der Waals surface area contributed by atoms with E-state index >= 15 is 0 Å². The average Bonchev–Trinajstić information content (AvgIpc) is 2.56. The topological polar surface area (TPSA) is 68.3 Å². The van der Waals surface area contributed by atoms with Crippen LogP contribution in [0.5, 0.6) is 0 Å². The van der Waals surface area contributed by atoms with E-state index in [1.165, 1.54) is 19.5 Å². The van der Waals surface area contributed by atoms with Crippen LogP contribution in [-0.2, 0) is 9.53 Å². The molecule has 25 heavy (non-hydrogen) atoms. The second-order valence-corrected chi connectivity index (χ2v) is 7.68. The molecule has 1 saturated carbocycles. The van der Waals surface area contributed by atoms with Crippen molar-refractivity contribution in [1.82, 2.24) is 10.3 Å². The van der Waals surface area contributed by atoms with E-state index in [2.05, 4.69) is 24.1 Å². The molecule has 138 valence electrons. The maximum Gasteiger partial charge on any atom is 0.359 e. The fraction of sp³-hybridized carbons (Fsp3) is 0.588. The highest BCUT2D eigenvalue weighted by molar-refractivity contribution is 6.48. The molecule has 2 rings (SSSR count). The number of amides is 1.